The van der Waals surface area contributed by atoms with Crippen molar-refractivity contribution in [1.29, 1.82) is 0 Å². The fraction of sp³-hybridized carbons (Fsp3) is 0.458. The molecule has 1 amide bonds. The number of benzene rings is 2. The SMILES string of the molecule is O=C([O-])N1CCC(c2ccc(OCCCC3(c4ccccc4)OCCO3)cc2)C(O)C1. The highest BCUT2D eigenvalue weighted by Crippen LogP contribution is 2.36. The molecule has 2 unspecified atom stereocenters. The predicted octanol–water partition coefficient (Wildman–Crippen LogP) is 2.24. The van der Waals surface area contributed by atoms with Gasteiger partial charge in [-0.1, -0.05) is 42.5 Å². The minimum absolute atomic E-state index is 0.0819. The third-order valence-corrected chi connectivity index (χ3v) is 6.03. The quantitative estimate of drug-likeness (QED) is 0.683. The van der Waals surface area contributed by atoms with Crippen LogP contribution in [0.4, 0.5) is 4.79 Å². The third-order valence-electron chi connectivity index (χ3n) is 6.03. The number of carbonyl (C=O) groups excluding carboxylic acids is 1. The lowest BCUT2D eigenvalue weighted by atomic mass is 9.87. The van der Waals surface area contributed by atoms with E-state index in [1.165, 1.54) is 0 Å². The Balaban J connectivity index is 1.28. The minimum atomic E-state index is -1.23. The average molecular weight is 426 g/mol. The number of ether oxygens (including phenoxy) is 3. The Hall–Kier alpha value is -2.61. The van der Waals surface area contributed by atoms with Crippen molar-refractivity contribution in [1.82, 2.24) is 4.90 Å². The zero-order valence-electron chi connectivity index (χ0n) is 17.4. The molecule has 2 aromatic carbocycles. The minimum Gasteiger partial charge on any atom is -0.530 e. The highest BCUT2D eigenvalue weighted by molar-refractivity contribution is 5.62. The van der Waals surface area contributed by atoms with Crippen LogP contribution in [0.15, 0.2) is 54.6 Å². The molecular weight excluding hydrogens is 398 g/mol. The maximum Gasteiger partial charge on any atom is 0.195 e. The number of hydrogen-bond acceptors (Lipinski definition) is 6. The molecule has 0 bridgehead atoms. The van der Waals surface area contributed by atoms with Gasteiger partial charge in [-0.3, -0.25) is 0 Å². The Labute approximate surface area is 182 Å². The number of rotatable bonds is 7. The summed E-state index contributed by atoms with van der Waals surface area (Å²) < 4.78 is 17.8. The van der Waals surface area contributed by atoms with Crippen molar-refractivity contribution in [2.75, 3.05) is 32.9 Å². The Kier molecular flexibility index (Phi) is 6.75. The molecule has 4 rings (SSSR count). The Morgan fingerprint density at radius 1 is 1.13 bits per heavy atom. The number of carbonyl (C=O) groups is 1. The predicted molar refractivity (Wildman–Crippen MR) is 112 cm³/mol. The zero-order chi connectivity index (χ0) is 21.7. The number of hydrogen-bond donors (Lipinski definition) is 1. The van der Waals surface area contributed by atoms with Gasteiger partial charge in [-0.25, -0.2) is 0 Å². The molecule has 2 aliphatic rings. The molecular formula is C24H28NO6-. The van der Waals surface area contributed by atoms with Gasteiger partial charge in [0.05, 0.1) is 25.9 Å². The number of β-amino-alcohol motifs (C(OH)–C–C–N with tert-alkyl or cyclic N) is 1. The molecule has 2 aromatic rings. The van der Waals surface area contributed by atoms with Crippen LogP contribution in [-0.2, 0) is 15.3 Å². The van der Waals surface area contributed by atoms with Crippen molar-refractivity contribution in [3.05, 3.63) is 65.7 Å². The number of likely N-dealkylation sites (tertiary alicyclic amines) is 1. The summed E-state index contributed by atoms with van der Waals surface area (Å²) in [7, 11) is 0. The first-order valence-corrected chi connectivity index (χ1v) is 10.8. The molecule has 2 aliphatic heterocycles. The number of carboxylic acid groups (broad SMARTS) is 1. The van der Waals surface area contributed by atoms with Crippen LogP contribution in [0.3, 0.4) is 0 Å². The van der Waals surface area contributed by atoms with Gasteiger partial charge in [0.25, 0.3) is 0 Å². The second kappa shape index (κ2) is 9.68. The summed E-state index contributed by atoms with van der Waals surface area (Å²) in [5.74, 6) is -0.0233. The maximum absolute atomic E-state index is 11.0. The second-order valence-corrected chi connectivity index (χ2v) is 8.01. The second-order valence-electron chi connectivity index (χ2n) is 8.01. The molecule has 7 heteroatoms. The lowest BCUT2D eigenvalue weighted by Crippen LogP contribution is -2.50. The molecule has 2 saturated heterocycles. The number of amides is 1. The van der Waals surface area contributed by atoms with Crippen molar-refractivity contribution in [3.63, 3.8) is 0 Å². The Morgan fingerprint density at radius 3 is 2.48 bits per heavy atom. The number of aliphatic hydroxyl groups is 1. The largest absolute Gasteiger partial charge is 0.530 e. The number of aliphatic hydroxyl groups excluding tert-OH is 1. The van der Waals surface area contributed by atoms with Crippen LogP contribution in [0.25, 0.3) is 0 Å². The van der Waals surface area contributed by atoms with E-state index in [0.29, 0.717) is 39.2 Å². The zero-order valence-corrected chi connectivity index (χ0v) is 17.4. The van der Waals surface area contributed by atoms with Gasteiger partial charge in [0.2, 0.25) is 0 Å². The molecule has 0 saturated carbocycles. The average Bonchev–Trinajstić information content (AvgIpc) is 3.28. The molecule has 1 N–H and O–H groups in total. The van der Waals surface area contributed by atoms with Crippen LogP contribution in [-0.4, -0.2) is 55.1 Å². The molecule has 31 heavy (non-hydrogen) atoms. The first-order chi connectivity index (χ1) is 15.1. The molecule has 2 atom stereocenters. The first kappa shape index (κ1) is 21.6. The van der Waals surface area contributed by atoms with Crippen LogP contribution in [0.1, 0.15) is 36.3 Å². The summed E-state index contributed by atoms with van der Waals surface area (Å²) in [5, 5.41) is 21.3. The summed E-state index contributed by atoms with van der Waals surface area (Å²) in [6, 6.07) is 17.7. The van der Waals surface area contributed by atoms with Gasteiger partial charge < -0.3 is 34.1 Å². The summed E-state index contributed by atoms with van der Waals surface area (Å²) in [6.07, 6.45) is 0.0782. The number of piperidine rings is 1. The third kappa shape index (κ3) is 5.01. The van der Waals surface area contributed by atoms with Crippen molar-refractivity contribution < 1.29 is 29.2 Å². The van der Waals surface area contributed by atoms with Gasteiger partial charge in [-0.2, -0.15) is 0 Å². The van der Waals surface area contributed by atoms with Crippen molar-refractivity contribution in [2.24, 2.45) is 0 Å². The van der Waals surface area contributed by atoms with Crippen LogP contribution >= 0.6 is 0 Å². The van der Waals surface area contributed by atoms with Gasteiger partial charge in [-0.05, 0) is 30.5 Å². The van der Waals surface area contributed by atoms with Gasteiger partial charge in [0.1, 0.15) is 11.8 Å². The first-order valence-electron chi connectivity index (χ1n) is 10.8. The summed E-state index contributed by atoms with van der Waals surface area (Å²) in [5.41, 5.74) is 2.01. The lowest BCUT2D eigenvalue weighted by Gasteiger charge is -2.37. The fourth-order valence-corrected chi connectivity index (χ4v) is 4.39. The standard InChI is InChI=1S/C24H29NO6/c26-22-17-25(23(27)28)13-11-21(22)18-7-9-20(10-8-18)29-14-4-12-24(30-15-16-31-24)19-5-2-1-3-6-19/h1-3,5-10,21-22,26H,4,11-17H2,(H,27,28)/p-1. The maximum atomic E-state index is 11.0. The van der Waals surface area contributed by atoms with E-state index >= 15 is 0 Å². The highest BCUT2D eigenvalue weighted by atomic mass is 16.7. The molecule has 166 valence electrons. The molecule has 7 nitrogen and oxygen atoms in total. The van der Waals surface area contributed by atoms with E-state index in [9.17, 15) is 15.0 Å². The monoisotopic (exact) mass is 426 g/mol. The molecule has 2 heterocycles. The molecule has 0 radical (unpaired) electrons. The lowest BCUT2D eigenvalue weighted by molar-refractivity contribution is -0.268. The van der Waals surface area contributed by atoms with E-state index in [0.717, 1.165) is 28.2 Å². The highest BCUT2D eigenvalue weighted by Gasteiger charge is 2.37. The van der Waals surface area contributed by atoms with Crippen LogP contribution in [0.2, 0.25) is 0 Å². The molecule has 0 spiro atoms. The van der Waals surface area contributed by atoms with E-state index in [4.69, 9.17) is 14.2 Å². The Morgan fingerprint density at radius 2 is 1.84 bits per heavy atom. The summed E-state index contributed by atoms with van der Waals surface area (Å²) in [6.45, 7) is 2.16. The number of nitrogens with zero attached hydrogens (tertiary/aromatic N) is 1. The summed E-state index contributed by atoms with van der Waals surface area (Å²) in [4.78, 5) is 12.1. The van der Waals surface area contributed by atoms with Gasteiger partial charge in [0.15, 0.2) is 5.79 Å². The van der Waals surface area contributed by atoms with Gasteiger partial charge >= 0.3 is 0 Å². The fourth-order valence-electron chi connectivity index (χ4n) is 4.39. The molecule has 0 aliphatic carbocycles. The molecule has 2 fully saturated rings. The van der Waals surface area contributed by atoms with Crippen LogP contribution in [0.5, 0.6) is 5.75 Å². The normalized spacial score (nSPS) is 22.9. The van der Waals surface area contributed by atoms with E-state index in [1.54, 1.807) is 0 Å². The van der Waals surface area contributed by atoms with E-state index < -0.39 is 18.0 Å². The van der Waals surface area contributed by atoms with E-state index in [1.807, 2.05) is 54.6 Å². The van der Waals surface area contributed by atoms with E-state index in [2.05, 4.69) is 0 Å². The van der Waals surface area contributed by atoms with Crippen molar-refractivity contribution >= 4 is 6.09 Å². The van der Waals surface area contributed by atoms with E-state index in [-0.39, 0.29) is 12.5 Å². The van der Waals surface area contributed by atoms with Crippen molar-refractivity contribution in [2.45, 2.75) is 37.1 Å². The smallest absolute Gasteiger partial charge is 0.195 e. The topological polar surface area (TPSA) is 91.3 Å². The van der Waals surface area contributed by atoms with Crippen molar-refractivity contribution in [3.8, 4) is 5.75 Å². The molecule has 0 aromatic heterocycles. The summed E-state index contributed by atoms with van der Waals surface area (Å²) >= 11 is 0. The van der Waals surface area contributed by atoms with Crippen LogP contribution < -0.4 is 9.84 Å². The van der Waals surface area contributed by atoms with Gasteiger partial charge in [-0.15, -0.1) is 0 Å². The Bertz CT molecular complexity index is 850. The van der Waals surface area contributed by atoms with Gasteiger partial charge in [0, 0.05) is 31.0 Å². The van der Waals surface area contributed by atoms with Crippen LogP contribution in [0, 0.1) is 0 Å².